The molecule has 0 radical (unpaired) electrons. The Morgan fingerprint density at radius 1 is 0.879 bits per heavy atom. The van der Waals surface area contributed by atoms with Gasteiger partial charge in [0.1, 0.15) is 0 Å². The molecule has 3 nitrogen and oxygen atoms in total. The monoisotopic (exact) mass is 451 g/mol. The highest BCUT2D eigenvalue weighted by atomic mass is 19.2. The summed E-state index contributed by atoms with van der Waals surface area (Å²) in [5.74, 6) is -0.245. The summed E-state index contributed by atoms with van der Waals surface area (Å²) in [5.41, 5.74) is 5.57. The maximum absolute atomic E-state index is 13.9. The van der Waals surface area contributed by atoms with Crippen LogP contribution in [-0.2, 0) is 18.4 Å². The highest BCUT2D eigenvalue weighted by Crippen LogP contribution is 2.42. The molecule has 0 aromatic heterocycles. The van der Waals surface area contributed by atoms with Crippen molar-refractivity contribution in [3.8, 4) is 11.5 Å². The Balaban J connectivity index is 1.79. The summed E-state index contributed by atoms with van der Waals surface area (Å²) < 4.78 is 38.5. The molecule has 5 heteroatoms. The van der Waals surface area contributed by atoms with E-state index >= 15 is 0 Å². The molecule has 0 fully saturated rings. The van der Waals surface area contributed by atoms with E-state index in [1.54, 1.807) is 20.3 Å². The van der Waals surface area contributed by atoms with Crippen LogP contribution in [0.15, 0.2) is 54.6 Å². The van der Waals surface area contributed by atoms with Gasteiger partial charge >= 0.3 is 0 Å². The van der Waals surface area contributed by atoms with Crippen molar-refractivity contribution in [2.24, 2.45) is 0 Å². The molecule has 3 aromatic carbocycles. The van der Waals surface area contributed by atoms with Gasteiger partial charge in [-0.3, -0.25) is 4.90 Å². The zero-order valence-electron chi connectivity index (χ0n) is 19.9. The van der Waals surface area contributed by atoms with Gasteiger partial charge in [-0.15, -0.1) is 0 Å². The number of hydrogen-bond acceptors (Lipinski definition) is 3. The summed E-state index contributed by atoms with van der Waals surface area (Å²) in [5, 5.41) is 0. The van der Waals surface area contributed by atoms with E-state index in [4.69, 9.17) is 9.47 Å². The predicted molar refractivity (Wildman–Crippen MR) is 127 cm³/mol. The van der Waals surface area contributed by atoms with Crippen LogP contribution < -0.4 is 9.47 Å². The van der Waals surface area contributed by atoms with Crippen molar-refractivity contribution in [3.63, 3.8) is 0 Å². The molecular formula is C28H31F2NO2. The second kappa shape index (κ2) is 9.14. The van der Waals surface area contributed by atoms with Gasteiger partial charge in [-0.25, -0.2) is 8.78 Å². The van der Waals surface area contributed by atoms with Gasteiger partial charge in [0.15, 0.2) is 23.1 Å². The summed E-state index contributed by atoms with van der Waals surface area (Å²) in [4.78, 5) is 2.31. The summed E-state index contributed by atoms with van der Waals surface area (Å²) in [7, 11) is 3.28. The number of methoxy groups -OCH3 is 2. The van der Waals surface area contributed by atoms with Crippen LogP contribution in [-0.4, -0.2) is 25.7 Å². The number of hydrogen-bond donors (Lipinski definition) is 0. The van der Waals surface area contributed by atoms with Crippen molar-refractivity contribution in [2.45, 2.75) is 45.2 Å². The quantitative estimate of drug-likeness (QED) is 0.446. The molecule has 0 amide bonds. The van der Waals surface area contributed by atoms with Crippen molar-refractivity contribution in [2.75, 3.05) is 20.8 Å². The van der Waals surface area contributed by atoms with Gasteiger partial charge in [0.05, 0.1) is 20.3 Å². The normalized spacial score (nSPS) is 16.4. The van der Waals surface area contributed by atoms with Crippen LogP contribution in [0.5, 0.6) is 11.5 Å². The number of benzene rings is 3. The minimum Gasteiger partial charge on any atom is -0.493 e. The first kappa shape index (κ1) is 23.2. The molecule has 0 spiro atoms. The number of halogens is 2. The molecule has 0 saturated carbocycles. The van der Waals surface area contributed by atoms with E-state index in [0.717, 1.165) is 29.7 Å². The fourth-order valence-electron chi connectivity index (χ4n) is 4.60. The van der Waals surface area contributed by atoms with Gasteiger partial charge in [0.25, 0.3) is 0 Å². The molecule has 1 unspecified atom stereocenters. The average molecular weight is 452 g/mol. The minimum absolute atomic E-state index is 0.0457. The molecule has 0 saturated heterocycles. The number of ether oxygens (including phenoxy) is 2. The van der Waals surface area contributed by atoms with Crippen molar-refractivity contribution >= 4 is 0 Å². The highest BCUT2D eigenvalue weighted by molar-refractivity contribution is 5.52. The van der Waals surface area contributed by atoms with E-state index in [1.807, 2.05) is 6.07 Å². The number of rotatable bonds is 5. The van der Waals surface area contributed by atoms with Gasteiger partial charge in [-0.2, -0.15) is 0 Å². The molecule has 33 heavy (non-hydrogen) atoms. The van der Waals surface area contributed by atoms with E-state index < -0.39 is 11.6 Å². The third kappa shape index (κ3) is 4.74. The summed E-state index contributed by atoms with van der Waals surface area (Å²) in [6, 6.07) is 16.9. The molecule has 4 rings (SSSR count). The third-order valence-corrected chi connectivity index (χ3v) is 6.44. The van der Waals surface area contributed by atoms with Crippen molar-refractivity contribution in [3.05, 3.63) is 94.0 Å². The molecule has 0 N–H and O–H groups in total. The lowest BCUT2D eigenvalue weighted by atomic mass is 9.83. The zero-order chi connectivity index (χ0) is 23.8. The van der Waals surface area contributed by atoms with Crippen LogP contribution in [0.1, 0.15) is 54.6 Å². The van der Waals surface area contributed by atoms with Crippen LogP contribution in [0, 0.1) is 11.6 Å². The lowest BCUT2D eigenvalue weighted by Crippen LogP contribution is -2.35. The fourth-order valence-corrected chi connectivity index (χ4v) is 4.60. The van der Waals surface area contributed by atoms with Gasteiger partial charge in [-0.05, 0) is 63.9 Å². The van der Waals surface area contributed by atoms with Gasteiger partial charge in [0.2, 0.25) is 0 Å². The smallest absolute Gasteiger partial charge is 0.161 e. The molecule has 1 aliphatic rings. The molecule has 0 bridgehead atoms. The first-order chi connectivity index (χ1) is 15.7. The fraction of sp³-hybridized carbons (Fsp3) is 0.357. The van der Waals surface area contributed by atoms with E-state index in [9.17, 15) is 8.78 Å². The molecule has 3 aromatic rings. The maximum Gasteiger partial charge on any atom is 0.161 e. The maximum atomic E-state index is 13.9. The largest absolute Gasteiger partial charge is 0.493 e. The molecular weight excluding hydrogens is 420 g/mol. The Kier molecular flexibility index (Phi) is 6.44. The van der Waals surface area contributed by atoms with E-state index in [1.165, 1.54) is 23.3 Å². The van der Waals surface area contributed by atoms with E-state index in [-0.39, 0.29) is 11.5 Å². The standard InChI is InChI=1S/C28H31F2NO2/c1-28(2,3)21-9-7-19(8-10-21)27-22-16-26(33-5)25(32-4)15-20(22)12-13-31(27)17-18-6-11-23(29)24(30)14-18/h6-11,14-16,27H,12-13,17H2,1-5H3. The lowest BCUT2D eigenvalue weighted by molar-refractivity contribution is 0.203. The average Bonchev–Trinajstić information content (AvgIpc) is 2.80. The number of nitrogens with zero attached hydrogens (tertiary/aromatic N) is 1. The topological polar surface area (TPSA) is 21.7 Å². The van der Waals surface area contributed by atoms with Crippen molar-refractivity contribution < 1.29 is 18.3 Å². The summed E-state index contributed by atoms with van der Waals surface area (Å²) in [6.07, 6.45) is 0.829. The van der Waals surface area contributed by atoms with Gasteiger partial charge in [-0.1, -0.05) is 51.1 Å². The molecule has 1 heterocycles. The minimum atomic E-state index is -0.825. The SMILES string of the molecule is COc1cc2c(cc1OC)C(c1ccc(C(C)(C)C)cc1)N(Cc1ccc(F)c(F)c1)CC2. The highest BCUT2D eigenvalue weighted by Gasteiger charge is 2.31. The Hall–Kier alpha value is -2.92. The Morgan fingerprint density at radius 3 is 2.15 bits per heavy atom. The molecule has 0 aliphatic carbocycles. The summed E-state index contributed by atoms with van der Waals surface area (Å²) >= 11 is 0. The van der Waals surface area contributed by atoms with Gasteiger partial charge < -0.3 is 9.47 Å². The Labute approximate surface area is 195 Å². The first-order valence-corrected chi connectivity index (χ1v) is 11.2. The van der Waals surface area contributed by atoms with Crippen LogP contribution in [0.4, 0.5) is 8.78 Å². The first-order valence-electron chi connectivity index (χ1n) is 11.2. The Bertz CT molecular complexity index is 1140. The van der Waals surface area contributed by atoms with E-state index in [2.05, 4.69) is 56.0 Å². The predicted octanol–water partition coefficient (Wildman–Crippen LogP) is 6.43. The number of fused-ring (bicyclic) bond motifs is 1. The Morgan fingerprint density at radius 2 is 1.55 bits per heavy atom. The second-order valence-corrected chi connectivity index (χ2v) is 9.65. The second-order valence-electron chi connectivity index (χ2n) is 9.65. The molecule has 1 aliphatic heterocycles. The van der Waals surface area contributed by atoms with Gasteiger partial charge in [0, 0.05) is 13.1 Å². The third-order valence-electron chi connectivity index (χ3n) is 6.44. The van der Waals surface area contributed by atoms with Crippen molar-refractivity contribution in [1.29, 1.82) is 0 Å². The van der Waals surface area contributed by atoms with Crippen LogP contribution >= 0.6 is 0 Å². The molecule has 174 valence electrons. The summed E-state index contributed by atoms with van der Waals surface area (Å²) in [6.45, 7) is 7.89. The lowest BCUT2D eigenvalue weighted by Gasteiger charge is -2.38. The van der Waals surface area contributed by atoms with Crippen molar-refractivity contribution in [1.82, 2.24) is 4.90 Å². The molecule has 1 atom stereocenters. The zero-order valence-corrected chi connectivity index (χ0v) is 19.9. The van der Waals surface area contributed by atoms with Crippen LogP contribution in [0.3, 0.4) is 0 Å². The van der Waals surface area contributed by atoms with Crippen LogP contribution in [0.2, 0.25) is 0 Å². The van der Waals surface area contributed by atoms with E-state index in [0.29, 0.717) is 18.0 Å². The van der Waals surface area contributed by atoms with Crippen LogP contribution in [0.25, 0.3) is 0 Å².